The van der Waals surface area contributed by atoms with Gasteiger partial charge in [-0.15, -0.1) is 0 Å². The number of ether oxygens (including phenoxy) is 1. The molecule has 0 fully saturated rings. The van der Waals surface area contributed by atoms with Crippen LogP contribution in [0.1, 0.15) is 16.7 Å². The van der Waals surface area contributed by atoms with Gasteiger partial charge in [-0.1, -0.05) is 47.1 Å². The van der Waals surface area contributed by atoms with Crippen LogP contribution < -0.4 is 4.74 Å². The molecule has 2 aromatic carbocycles. The maximum Gasteiger partial charge on any atom is 0.274 e. The highest BCUT2D eigenvalue weighted by atomic mass is 35.5. The van der Waals surface area contributed by atoms with E-state index in [0.29, 0.717) is 16.3 Å². The van der Waals surface area contributed by atoms with E-state index in [9.17, 15) is 4.79 Å². The predicted molar refractivity (Wildman–Crippen MR) is 91.4 cm³/mol. The minimum absolute atomic E-state index is 0.0309. The van der Waals surface area contributed by atoms with Gasteiger partial charge in [0.05, 0.1) is 5.02 Å². The highest BCUT2D eigenvalue weighted by Crippen LogP contribution is 2.26. The van der Waals surface area contributed by atoms with Crippen LogP contribution in [0.4, 0.5) is 0 Å². The SMILES string of the molecule is CON=C(C(=O)Cl)c1ccccc1COc1ccc(C)cc1Cl. The molecule has 0 radical (unpaired) electrons. The molecule has 2 aromatic rings. The summed E-state index contributed by atoms with van der Waals surface area (Å²) in [5.74, 6) is 0.564. The standard InChI is InChI=1S/C17H15Cl2NO3/c1-11-7-8-15(14(18)9-11)23-10-12-5-3-4-6-13(12)16(17(19)21)20-22-2/h3-9H,10H2,1-2H3. The van der Waals surface area contributed by atoms with E-state index < -0.39 is 5.24 Å². The Balaban J connectivity index is 2.27. The number of benzene rings is 2. The number of halogens is 2. The number of hydrogen-bond donors (Lipinski definition) is 0. The zero-order valence-electron chi connectivity index (χ0n) is 12.7. The Morgan fingerprint density at radius 3 is 2.61 bits per heavy atom. The van der Waals surface area contributed by atoms with Gasteiger partial charge in [0.25, 0.3) is 5.24 Å². The third-order valence-electron chi connectivity index (χ3n) is 3.11. The van der Waals surface area contributed by atoms with Crippen LogP contribution >= 0.6 is 23.2 Å². The summed E-state index contributed by atoms with van der Waals surface area (Å²) in [5, 5.41) is 3.52. The molecule has 0 amide bonds. The minimum Gasteiger partial charge on any atom is -0.487 e. The largest absolute Gasteiger partial charge is 0.487 e. The van der Waals surface area contributed by atoms with Crippen molar-refractivity contribution in [2.75, 3.05) is 7.11 Å². The van der Waals surface area contributed by atoms with Crippen molar-refractivity contribution in [1.82, 2.24) is 0 Å². The van der Waals surface area contributed by atoms with Crippen molar-refractivity contribution in [3.05, 3.63) is 64.2 Å². The monoisotopic (exact) mass is 351 g/mol. The third-order valence-corrected chi connectivity index (χ3v) is 3.59. The molecular formula is C17H15Cl2NO3. The molecule has 0 unspecified atom stereocenters. The van der Waals surface area contributed by atoms with Crippen molar-refractivity contribution in [1.29, 1.82) is 0 Å². The average Bonchev–Trinajstić information content (AvgIpc) is 2.52. The summed E-state index contributed by atoms with van der Waals surface area (Å²) in [7, 11) is 1.35. The maximum atomic E-state index is 11.5. The van der Waals surface area contributed by atoms with Crippen LogP contribution in [-0.4, -0.2) is 18.1 Å². The van der Waals surface area contributed by atoms with Gasteiger partial charge < -0.3 is 9.57 Å². The summed E-state index contributed by atoms with van der Waals surface area (Å²) in [5.41, 5.74) is 2.37. The van der Waals surface area contributed by atoms with E-state index >= 15 is 0 Å². The number of oxime groups is 1. The summed E-state index contributed by atoms with van der Waals surface area (Å²) in [4.78, 5) is 16.2. The Bertz CT molecular complexity index is 744. The van der Waals surface area contributed by atoms with E-state index in [0.717, 1.165) is 11.1 Å². The van der Waals surface area contributed by atoms with Crippen LogP contribution in [0, 0.1) is 6.92 Å². The summed E-state index contributed by atoms with van der Waals surface area (Å²) in [6, 6.07) is 12.7. The summed E-state index contributed by atoms with van der Waals surface area (Å²) in [6.07, 6.45) is 0. The Kier molecular flexibility index (Phi) is 6.02. The van der Waals surface area contributed by atoms with E-state index in [1.165, 1.54) is 7.11 Å². The van der Waals surface area contributed by atoms with E-state index in [-0.39, 0.29) is 12.3 Å². The quantitative estimate of drug-likeness (QED) is 0.441. The lowest BCUT2D eigenvalue weighted by Crippen LogP contribution is -2.14. The van der Waals surface area contributed by atoms with E-state index in [1.54, 1.807) is 18.2 Å². The van der Waals surface area contributed by atoms with Gasteiger partial charge in [-0.05, 0) is 41.8 Å². The lowest BCUT2D eigenvalue weighted by molar-refractivity contribution is -0.106. The first kappa shape index (κ1) is 17.3. The van der Waals surface area contributed by atoms with Gasteiger partial charge in [0.1, 0.15) is 19.5 Å². The van der Waals surface area contributed by atoms with Gasteiger partial charge in [-0.2, -0.15) is 0 Å². The molecule has 120 valence electrons. The number of carbonyl (C=O) groups excluding carboxylic acids is 1. The zero-order valence-corrected chi connectivity index (χ0v) is 14.2. The average molecular weight is 352 g/mol. The Labute approximate surface area is 144 Å². The second-order valence-corrected chi connectivity index (χ2v) is 5.53. The maximum absolute atomic E-state index is 11.5. The molecule has 0 aromatic heterocycles. The second kappa shape index (κ2) is 7.99. The van der Waals surface area contributed by atoms with Crippen LogP contribution in [0.15, 0.2) is 47.6 Å². The molecular weight excluding hydrogens is 337 g/mol. The van der Waals surface area contributed by atoms with Crippen LogP contribution in [0.3, 0.4) is 0 Å². The first-order valence-corrected chi connectivity index (χ1v) is 7.56. The number of nitrogens with zero attached hydrogens (tertiary/aromatic N) is 1. The molecule has 0 heterocycles. The number of rotatable bonds is 6. The van der Waals surface area contributed by atoms with Crippen molar-refractivity contribution >= 4 is 34.2 Å². The lowest BCUT2D eigenvalue weighted by atomic mass is 10.0. The lowest BCUT2D eigenvalue weighted by Gasteiger charge is -2.12. The molecule has 0 aliphatic heterocycles. The van der Waals surface area contributed by atoms with Crippen LogP contribution in [0.5, 0.6) is 5.75 Å². The number of aryl methyl sites for hydroxylation is 1. The molecule has 0 bridgehead atoms. The molecule has 2 rings (SSSR count). The van der Waals surface area contributed by atoms with Crippen LogP contribution in [0.2, 0.25) is 5.02 Å². The third kappa shape index (κ3) is 4.47. The van der Waals surface area contributed by atoms with Crippen LogP contribution in [-0.2, 0) is 16.2 Å². The fourth-order valence-corrected chi connectivity index (χ4v) is 2.46. The van der Waals surface area contributed by atoms with Gasteiger partial charge in [0.15, 0.2) is 5.71 Å². The zero-order chi connectivity index (χ0) is 16.8. The van der Waals surface area contributed by atoms with E-state index in [2.05, 4.69) is 5.16 Å². The fraction of sp³-hybridized carbons (Fsp3) is 0.176. The molecule has 4 nitrogen and oxygen atoms in total. The van der Waals surface area contributed by atoms with Gasteiger partial charge in [0, 0.05) is 5.56 Å². The second-order valence-electron chi connectivity index (χ2n) is 4.78. The fourth-order valence-electron chi connectivity index (χ4n) is 2.04. The summed E-state index contributed by atoms with van der Waals surface area (Å²) >= 11 is 11.7. The Hall–Kier alpha value is -2.04. The van der Waals surface area contributed by atoms with Crippen LogP contribution in [0.25, 0.3) is 0 Å². The van der Waals surface area contributed by atoms with Gasteiger partial charge in [-0.3, -0.25) is 4.79 Å². The molecule has 0 aliphatic rings. The van der Waals surface area contributed by atoms with Crippen molar-refractivity contribution in [3.63, 3.8) is 0 Å². The van der Waals surface area contributed by atoms with Crippen molar-refractivity contribution in [3.8, 4) is 5.75 Å². The normalized spacial score (nSPS) is 11.2. The topological polar surface area (TPSA) is 47.9 Å². The number of hydrogen-bond acceptors (Lipinski definition) is 4. The smallest absolute Gasteiger partial charge is 0.274 e. The molecule has 0 aliphatic carbocycles. The molecule has 0 saturated heterocycles. The Morgan fingerprint density at radius 1 is 1.22 bits per heavy atom. The predicted octanol–water partition coefficient (Wildman–Crippen LogP) is 4.34. The molecule has 23 heavy (non-hydrogen) atoms. The minimum atomic E-state index is -0.701. The highest BCUT2D eigenvalue weighted by molar-refractivity contribution is 6.84. The molecule has 6 heteroatoms. The van der Waals surface area contributed by atoms with Gasteiger partial charge in [-0.25, -0.2) is 0 Å². The van der Waals surface area contributed by atoms with Gasteiger partial charge >= 0.3 is 0 Å². The van der Waals surface area contributed by atoms with E-state index in [1.807, 2.05) is 31.2 Å². The van der Waals surface area contributed by atoms with Crippen molar-refractivity contribution in [2.24, 2.45) is 5.16 Å². The van der Waals surface area contributed by atoms with Crippen molar-refractivity contribution < 1.29 is 14.4 Å². The van der Waals surface area contributed by atoms with Crippen molar-refractivity contribution in [2.45, 2.75) is 13.5 Å². The summed E-state index contributed by atoms with van der Waals surface area (Å²) < 4.78 is 5.74. The highest BCUT2D eigenvalue weighted by Gasteiger charge is 2.17. The first-order chi connectivity index (χ1) is 11.0. The molecule has 0 N–H and O–H groups in total. The molecule has 0 spiro atoms. The molecule has 0 atom stereocenters. The molecule has 0 saturated carbocycles. The summed E-state index contributed by atoms with van der Waals surface area (Å²) in [6.45, 7) is 2.16. The number of carbonyl (C=O) groups is 1. The van der Waals surface area contributed by atoms with Gasteiger partial charge in [0.2, 0.25) is 0 Å². The Morgan fingerprint density at radius 2 is 1.96 bits per heavy atom. The first-order valence-electron chi connectivity index (χ1n) is 6.81. The van der Waals surface area contributed by atoms with E-state index in [4.69, 9.17) is 32.8 Å².